The summed E-state index contributed by atoms with van der Waals surface area (Å²) in [6.45, 7) is 6.53. The van der Waals surface area contributed by atoms with Crippen molar-refractivity contribution in [3.8, 4) is 0 Å². The lowest BCUT2D eigenvalue weighted by Crippen LogP contribution is -2.48. The number of nitrogens with zero attached hydrogens (tertiary/aromatic N) is 2. The monoisotopic (exact) mass is 273 g/mol. The van der Waals surface area contributed by atoms with Gasteiger partial charge >= 0.3 is 0 Å². The lowest BCUT2D eigenvalue weighted by Gasteiger charge is -2.29. The predicted molar refractivity (Wildman–Crippen MR) is 79.3 cm³/mol. The SMILES string of the molecule is O=C([C@@H]1CCN(Cc2ccccc2)C1)N1CCNCC1. The minimum atomic E-state index is 0.205. The lowest BCUT2D eigenvalue weighted by atomic mass is 10.1. The highest BCUT2D eigenvalue weighted by Crippen LogP contribution is 2.21. The zero-order valence-corrected chi connectivity index (χ0v) is 11.9. The minimum Gasteiger partial charge on any atom is -0.340 e. The second kappa shape index (κ2) is 6.37. The molecule has 108 valence electrons. The van der Waals surface area contributed by atoms with E-state index in [2.05, 4.69) is 34.5 Å². The van der Waals surface area contributed by atoms with E-state index in [0.29, 0.717) is 5.91 Å². The number of benzene rings is 1. The fourth-order valence-corrected chi connectivity index (χ4v) is 3.16. The van der Waals surface area contributed by atoms with Gasteiger partial charge in [-0.25, -0.2) is 0 Å². The molecule has 1 aromatic carbocycles. The van der Waals surface area contributed by atoms with Gasteiger partial charge < -0.3 is 10.2 Å². The number of carbonyl (C=O) groups excluding carboxylic acids is 1. The molecule has 3 rings (SSSR count). The number of carbonyl (C=O) groups is 1. The van der Waals surface area contributed by atoms with Crippen LogP contribution in [0.25, 0.3) is 0 Å². The van der Waals surface area contributed by atoms with Gasteiger partial charge in [0.15, 0.2) is 0 Å². The number of nitrogens with one attached hydrogen (secondary N) is 1. The molecule has 1 aromatic rings. The van der Waals surface area contributed by atoms with Gasteiger partial charge in [0.2, 0.25) is 5.91 Å². The van der Waals surface area contributed by atoms with Crippen LogP contribution in [0.2, 0.25) is 0 Å². The van der Waals surface area contributed by atoms with Crippen molar-refractivity contribution in [1.29, 1.82) is 0 Å². The minimum absolute atomic E-state index is 0.205. The summed E-state index contributed by atoms with van der Waals surface area (Å²) in [7, 11) is 0. The van der Waals surface area contributed by atoms with Crippen LogP contribution in [0.15, 0.2) is 30.3 Å². The molecule has 4 heteroatoms. The van der Waals surface area contributed by atoms with E-state index in [1.165, 1.54) is 5.56 Å². The molecule has 2 saturated heterocycles. The molecule has 0 radical (unpaired) electrons. The Morgan fingerprint density at radius 3 is 2.65 bits per heavy atom. The summed E-state index contributed by atoms with van der Waals surface area (Å²) in [5.41, 5.74) is 1.34. The third kappa shape index (κ3) is 3.19. The maximum absolute atomic E-state index is 12.5. The van der Waals surface area contributed by atoms with E-state index in [4.69, 9.17) is 0 Å². The predicted octanol–water partition coefficient (Wildman–Crippen LogP) is 0.940. The van der Waals surface area contributed by atoms with Crippen molar-refractivity contribution in [1.82, 2.24) is 15.1 Å². The van der Waals surface area contributed by atoms with Gasteiger partial charge in [-0.3, -0.25) is 9.69 Å². The molecule has 2 heterocycles. The molecule has 2 aliphatic heterocycles. The normalized spacial score (nSPS) is 24.0. The topological polar surface area (TPSA) is 35.6 Å². The van der Waals surface area contributed by atoms with Crippen LogP contribution < -0.4 is 5.32 Å². The van der Waals surface area contributed by atoms with E-state index in [1.807, 2.05) is 11.0 Å². The van der Waals surface area contributed by atoms with Gasteiger partial charge in [0.1, 0.15) is 0 Å². The summed E-state index contributed by atoms with van der Waals surface area (Å²) in [5, 5.41) is 3.30. The first kappa shape index (κ1) is 13.6. The van der Waals surface area contributed by atoms with Crippen molar-refractivity contribution >= 4 is 5.91 Å². The first-order valence-corrected chi connectivity index (χ1v) is 7.59. The van der Waals surface area contributed by atoms with Crippen LogP contribution in [0, 0.1) is 5.92 Å². The van der Waals surface area contributed by atoms with E-state index in [-0.39, 0.29) is 5.92 Å². The summed E-state index contributed by atoms with van der Waals surface area (Å²) in [5.74, 6) is 0.568. The van der Waals surface area contributed by atoms with Gasteiger partial charge in [0.05, 0.1) is 5.92 Å². The fraction of sp³-hybridized carbons (Fsp3) is 0.562. The van der Waals surface area contributed by atoms with Crippen LogP contribution in [0.4, 0.5) is 0 Å². The van der Waals surface area contributed by atoms with Gasteiger partial charge in [-0.15, -0.1) is 0 Å². The second-order valence-electron chi connectivity index (χ2n) is 5.78. The maximum Gasteiger partial charge on any atom is 0.227 e. The zero-order chi connectivity index (χ0) is 13.8. The molecule has 0 aromatic heterocycles. The molecule has 0 aliphatic carbocycles. The molecule has 0 unspecified atom stereocenters. The third-order valence-electron chi connectivity index (χ3n) is 4.30. The molecule has 0 spiro atoms. The molecular weight excluding hydrogens is 250 g/mol. The molecule has 1 N–H and O–H groups in total. The summed E-state index contributed by atoms with van der Waals surface area (Å²) < 4.78 is 0. The molecule has 4 nitrogen and oxygen atoms in total. The van der Waals surface area contributed by atoms with Gasteiger partial charge in [-0.1, -0.05) is 30.3 Å². The van der Waals surface area contributed by atoms with Crippen LogP contribution in [0.5, 0.6) is 0 Å². The molecule has 2 aliphatic rings. The maximum atomic E-state index is 12.5. The first-order chi connectivity index (χ1) is 9.83. The Hall–Kier alpha value is -1.39. The Labute approximate surface area is 120 Å². The molecular formula is C16H23N3O. The zero-order valence-electron chi connectivity index (χ0n) is 11.9. The smallest absolute Gasteiger partial charge is 0.227 e. The van der Waals surface area contributed by atoms with Crippen molar-refractivity contribution in [2.45, 2.75) is 13.0 Å². The van der Waals surface area contributed by atoms with E-state index in [1.54, 1.807) is 0 Å². The Balaban J connectivity index is 1.52. The van der Waals surface area contributed by atoms with Crippen molar-refractivity contribution < 1.29 is 4.79 Å². The number of likely N-dealkylation sites (tertiary alicyclic amines) is 1. The average Bonchev–Trinajstić information content (AvgIpc) is 2.97. The quantitative estimate of drug-likeness (QED) is 0.890. The van der Waals surface area contributed by atoms with Crippen molar-refractivity contribution in [2.75, 3.05) is 39.3 Å². The summed E-state index contributed by atoms with van der Waals surface area (Å²) >= 11 is 0. The Bertz CT molecular complexity index is 442. The molecule has 0 saturated carbocycles. The lowest BCUT2D eigenvalue weighted by molar-refractivity contribution is -0.135. The van der Waals surface area contributed by atoms with Crippen LogP contribution in [0.3, 0.4) is 0 Å². The van der Waals surface area contributed by atoms with Crippen LogP contribution in [-0.2, 0) is 11.3 Å². The Morgan fingerprint density at radius 1 is 1.15 bits per heavy atom. The van der Waals surface area contributed by atoms with Crippen LogP contribution in [0.1, 0.15) is 12.0 Å². The molecule has 20 heavy (non-hydrogen) atoms. The molecule has 1 amide bonds. The van der Waals surface area contributed by atoms with Crippen LogP contribution >= 0.6 is 0 Å². The Kier molecular flexibility index (Phi) is 4.33. The third-order valence-corrected chi connectivity index (χ3v) is 4.30. The number of hydrogen-bond donors (Lipinski definition) is 1. The summed E-state index contributed by atoms with van der Waals surface area (Å²) in [4.78, 5) is 16.9. The molecule has 2 fully saturated rings. The van der Waals surface area contributed by atoms with E-state index >= 15 is 0 Å². The first-order valence-electron chi connectivity index (χ1n) is 7.59. The van der Waals surface area contributed by atoms with E-state index in [9.17, 15) is 4.79 Å². The van der Waals surface area contributed by atoms with Gasteiger partial charge in [0, 0.05) is 39.3 Å². The Morgan fingerprint density at radius 2 is 1.90 bits per heavy atom. The fourth-order valence-electron chi connectivity index (χ4n) is 3.16. The standard InChI is InChI=1S/C16H23N3O/c20-16(19-10-7-17-8-11-19)15-6-9-18(13-15)12-14-4-2-1-3-5-14/h1-5,15,17H,6-13H2/t15-/m1/s1. The van der Waals surface area contributed by atoms with E-state index < -0.39 is 0 Å². The second-order valence-corrected chi connectivity index (χ2v) is 5.78. The highest BCUT2D eigenvalue weighted by atomic mass is 16.2. The number of rotatable bonds is 3. The van der Waals surface area contributed by atoms with Gasteiger partial charge in [-0.05, 0) is 18.5 Å². The number of piperazine rings is 1. The van der Waals surface area contributed by atoms with Crippen molar-refractivity contribution in [2.24, 2.45) is 5.92 Å². The number of amides is 1. The average molecular weight is 273 g/mol. The molecule has 0 bridgehead atoms. The largest absolute Gasteiger partial charge is 0.340 e. The number of hydrogen-bond acceptors (Lipinski definition) is 3. The summed E-state index contributed by atoms with van der Waals surface area (Å²) in [6, 6.07) is 10.5. The van der Waals surface area contributed by atoms with E-state index in [0.717, 1.165) is 52.2 Å². The van der Waals surface area contributed by atoms with Crippen molar-refractivity contribution in [3.05, 3.63) is 35.9 Å². The highest BCUT2D eigenvalue weighted by Gasteiger charge is 2.31. The van der Waals surface area contributed by atoms with Gasteiger partial charge in [-0.2, -0.15) is 0 Å². The summed E-state index contributed by atoms with van der Waals surface area (Å²) in [6.07, 6.45) is 1.01. The highest BCUT2D eigenvalue weighted by molar-refractivity contribution is 5.79. The molecule has 1 atom stereocenters. The van der Waals surface area contributed by atoms with Gasteiger partial charge in [0.25, 0.3) is 0 Å². The van der Waals surface area contributed by atoms with Crippen LogP contribution in [-0.4, -0.2) is 55.0 Å². The van der Waals surface area contributed by atoms with Crippen molar-refractivity contribution in [3.63, 3.8) is 0 Å².